The highest BCUT2D eigenvalue weighted by Gasteiger charge is 2.24. The van der Waals surface area contributed by atoms with Gasteiger partial charge in [-0.2, -0.15) is 0 Å². The van der Waals surface area contributed by atoms with Gasteiger partial charge in [-0.1, -0.05) is 0 Å². The first kappa shape index (κ1) is 12.2. The summed E-state index contributed by atoms with van der Waals surface area (Å²) in [7, 11) is 0. The lowest BCUT2D eigenvalue weighted by atomic mass is 9.99. The zero-order valence-corrected chi connectivity index (χ0v) is 10.4. The predicted molar refractivity (Wildman–Crippen MR) is 70.1 cm³/mol. The number of aryl methyl sites for hydroxylation is 1. The van der Waals surface area contributed by atoms with E-state index in [-0.39, 0.29) is 6.61 Å². The molecule has 4 heteroatoms. The molecule has 0 amide bonds. The molecule has 1 aliphatic rings. The predicted octanol–water partition coefficient (Wildman–Crippen LogP) is 1.71. The largest absolute Gasteiger partial charge is 0.396 e. The molecule has 3 N–H and O–H groups in total. The van der Waals surface area contributed by atoms with Gasteiger partial charge in [0.25, 0.3) is 0 Å². The van der Waals surface area contributed by atoms with Crippen molar-refractivity contribution in [3.05, 3.63) is 17.8 Å². The molecule has 0 bridgehead atoms. The van der Waals surface area contributed by atoms with Crippen molar-refractivity contribution in [2.75, 3.05) is 23.8 Å². The van der Waals surface area contributed by atoms with E-state index in [9.17, 15) is 0 Å². The van der Waals surface area contributed by atoms with Crippen LogP contribution >= 0.6 is 0 Å². The van der Waals surface area contributed by atoms with Gasteiger partial charge in [0.15, 0.2) is 5.82 Å². The van der Waals surface area contributed by atoms with Crippen molar-refractivity contribution >= 4 is 11.5 Å². The standard InChI is InChI=1S/C13H21N3O/c1-10-8-12(14)13(15-9-10)16-6-3-2-4-11(16)5-7-17/h8-9,11,17H,2-7,14H2,1H3. The van der Waals surface area contributed by atoms with E-state index < -0.39 is 0 Å². The van der Waals surface area contributed by atoms with Gasteiger partial charge < -0.3 is 15.7 Å². The molecule has 1 unspecified atom stereocenters. The van der Waals surface area contributed by atoms with Crippen LogP contribution in [-0.4, -0.2) is 29.3 Å². The Morgan fingerprint density at radius 3 is 3.06 bits per heavy atom. The maximum Gasteiger partial charge on any atom is 0.152 e. The second-order valence-electron chi connectivity index (χ2n) is 4.78. The molecule has 4 nitrogen and oxygen atoms in total. The number of nitrogens with two attached hydrogens (primary N) is 1. The molecule has 0 aliphatic carbocycles. The van der Waals surface area contributed by atoms with Gasteiger partial charge in [0.2, 0.25) is 0 Å². The number of nitrogen functional groups attached to an aromatic ring is 1. The maximum absolute atomic E-state index is 9.12. The number of nitrogens with zero attached hydrogens (tertiary/aromatic N) is 2. The summed E-state index contributed by atoms with van der Waals surface area (Å²) in [5, 5.41) is 9.12. The van der Waals surface area contributed by atoms with Crippen LogP contribution in [0.4, 0.5) is 11.5 Å². The molecule has 0 radical (unpaired) electrons. The zero-order chi connectivity index (χ0) is 12.3. The summed E-state index contributed by atoms with van der Waals surface area (Å²) >= 11 is 0. The van der Waals surface area contributed by atoms with E-state index in [4.69, 9.17) is 10.8 Å². The number of aliphatic hydroxyl groups is 1. The molecule has 1 aliphatic heterocycles. The number of hydrogen-bond acceptors (Lipinski definition) is 4. The highest BCUT2D eigenvalue weighted by molar-refractivity contribution is 5.64. The maximum atomic E-state index is 9.12. The summed E-state index contributed by atoms with van der Waals surface area (Å²) in [4.78, 5) is 6.71. The summed E-state index contributed by atoms with van der Waals surface area (Å²) in [5.41, 5.74) is 7.87. The van der Waals surface area contributed by atoms with Crippen molar-refractivity contribution in [2.45, 2.75) is 38.6 Å². The number of aromatic nitrogens is 1. The number of rotatable bonds is 3. The lowest BCUT2D eigenvalue weighted by Gasteiger charge is -2.37. The smallest absolute Gasteiger partial charge is 0.152 e. The summed E-state index contributed by atoms with van der Waals surface area (Å²) in [6.07, 6.45) is 6.19. The third-order valence-electron chi connectivity index (χ3n) is 3.39. The van der Waals surface area contributed by atoms with Crippen molar-refractivity contribution in [2.24, 2.45) is 0 Å². The Hall–Kier alpha value is -1.29. The van der Waals surface area contributed by atoms with Gasteiger partial charge in [-0.05, 0) is 44.2 Å². The van der Waals surface area contributed by atoms with Crippen LogP contribution in [0, 0.1) is 6.92 Å². The molecule has 2 heterocycles. The molecule has 0 saturated carbocycles. The lowest BCUT2D eigenvalue weighted by molar-refractivity contribution is 0.262. The first-order valence-corrected chi connectivity index (χ1v) is 6.32. The molecule has 2 rings (SSSR count). The highest BCUT2D eigenvalue weighted by Crippen LogP contribution is 2.29. The topological polar surface area (TPSA) is 62.4 Å². The monoisotopic (exact) mass is 235 g/mol. The van der Waals surface area contributed by atoms with E-state index in [1.54, 1.807) is 0 Å². The second kappa shape index (κ2) is 5.36. The minimum absolute atomic E-state index is 0.229. The number of piperidine rings is 1. The van der Waals surface area contributed by atoms with Crippen molar-refractivity contribution in [1.82, 2.24) is 4.98 Å². The van der Waals surface area contributed by atoms with Gasteiger partial charge in [0, 0.05) is 25.4 Å². The Kier molecular flexibility index (Phi) is 3.84. The molecule has 0 aromatic carbocycles. The van der Waals surface area contributed by atoms with Crippen LogP contribution in [0.3, 0.4) is 0 Å². The molecule has 0 spiro atoms. The number of aliphatic hydroxyl groups excluding tert-OH is 1. The van der Waals surface area contributed by atoms with Crippen LogP contribution in [0.2, 0.25) is 0 Å². The lowest BCUT2D eigenvalue weighted by Crippen LogP contribution is -2.41. The third-order valence-corrected chi connectivity index (χ3v) is 3.39. The van der Waals surface area contributed by atoms with Crippen LogP contribution in [0.25, 0.3) is 0 Å². The molecule has 1 aromatic rings. The van der Waals surface area contributed by atoms with E-state index in [0.717, 1.165) is 36.5 Å². The van der Waals surface area contributed by atoms with Gasteiger partial charge in [-0.25, -0.2) is 4.98 Å². The SMILES string of the molecule is Cc1cnc(N2CCCCC2CCO)c(N)c1. The number of pyridine rings is 1. The van der Waals surface area contributed by atoms with E-state index in [2.05, 4.69) is 9.88 Å². The van der Waals surface area contributed by atoms with Crippen LogP contribution in [0.15, 0.2) is 12.3 Å². The molecule has 1 fully saturated rings. The number of hydrogen-bond donors (Lipinski definition) is 2. The van der Waals surface area contributed by atoms with Gasteiger partial charge >= 0.3 is 0 Å². The fourth-order valence-electron chi connectivity index (χ4n) is 2.55. The Labute approximate surface area is 102 Å². The van der Waals surface area contributed by atoms with Crippen molar-refractivity contribution in [3.8, 4) is 0 Å². The van der Waals surface area contributed by atoms with Crippen LogP contribution in [0.1, 0.15) is 31.2 Å². The Bertz CT molecular complexity index is 379. The molecule has 94 valence electrons. The van der Waals surface area contributed by atoms with E-state index in [1.165, 1.54) is 12.8 Å². The van der Waals surface area contributed by atoms with Crippen LogP contribution in [0.5, 0.6) is 0 Å². The fourth-order valence-corrected chi connectivity index (χ4v) is 2.55. The first-order chi connectivity index (χ1) is 8.22. The van der Waals surface area contributed by atoms with E-state index >= 15 is 0 Å². The first-order valence-electron chi connectivity index (χ1n) is 6.32. The Balaban J connectivity index is 2.23. The number of anilines is 2. The third kappa shape index (κ3) is 2.69. The minimum atomic E-state index is 0.229. The fraction of sp³-hybridized carbons (Fsp3) is 0.615. The van der Waals surface area contributed by atoms with E-state index in [0.29, 0.717) is 6.04 Å². The molecule has 1 saturated heterocycles. The summed E-state index contributed by atoms with van der Waals surface area (Å²) in [6, 6.07) is 2.35. The average Bonchev–Trinajstić information content (AvgIpc) is 2.31. The normalized spacial score (nSPS) is 20.6. The van der Waals surface area contributed by atoms with Crippen LogP contribution < -0.4 is 10.6 Å². The highest BCUT2D eigenvalue weighted by atomic mass is 16.3. The molecular weight excluding hydrogens is 214 g/mol. The molecular formula is C13H21N3O. The Morgan fingerprint density at radius 2 is 2.35 bits per heavy atom. The average molecular weight is 235 g/mol. The van der Waals surface area contributed by atoms with Crippen molar-refractivity contribution in [3.63, 3.8) is 0 Å². The van der Waals surface area contributed by atoms with Gasteiger partial charge in [0.05, 0.1) is 5.69 Å². The van der Waals surface area contributed by atoms with Gasteiger partial charge in [-0.3, -0.25) is 0 Å². The molecule has 1 aromatic heterocycles. The van der Waals surface area contributed by atoms with Crippen molar-refractivity contribution in [1.29, 1.82) is 0 Å². The van der Waals surface area contributed by atoms with Gasteiger partial charge in [0.1, 0.15) is 0 Å². The molecule has 1 atom stereocenters. The zero-order valence-electron chi connectivity index (χ0n) is 10.4. The minimum Gasteiger partial charge on any atom is -0.396 e. The summed E-state index contributed by atoms with van der Waals surface area (Å²) in [5.74, 6) is 0.883. The summed E-state index contributed by atoms with van der Waals surface area (Å²) in [6.45, 7) is 3.21. The van der Waals surface area contributed by atoms with Crippen LogP contribution in [-0.2, 0) is 0 Å². The van der Waals surface area contributed by atoms with Gasteiger partial charge in [-0.15, -0.1) is 0 Å². The van der Waals surface area contributed by atoms with E-state index in [1.807, 2.05) is 19.2 Å². The van der Waals surface area contributed by atoms with Crippen molar-refractivity contribution < 1.29 is 5.11 Å². The quantitative estimate of drug-likeness (QED) is 0.837. The second-order valence-corrected chi connectivity index (χ2v) is 4.78. The Morgan fingerprint density at radius 1 is 1.53 bits per heavy atom. The summed E-state index contributed by atoms with van der Waals surface area (Å²) < 4.78 is 0. The molecule has 17 heavy (non-hydrogen) atoms.